The molecule has 18 heavy (non-hydrogen) atoms. The molecule has 0 saturated heterocycles. The molecule has 1 N–H and O–H groups in total. The predicted octanol–water partition coefficient (Wildman–Crippen LogP) is 2.25. The van der Waals surface area contributed by atoms with Crippen molar-refractivity contribution in [3.63, 3.8) is 0 Å². The Balaban J connectivity index is 2.25. The molecule has 2 aromatic rings. The van der Waals surface area contributed by atoms with Gasteiger partial charge in [0.15, 0.2) is 0 Å². The molecular formula is C12H12ClN3O2. The molecule has 0 atom stereocenters. The summed E-state index contributed by atoms with van der Waals surface area (Å²) in [5, 5.41) is 17.3. The van der Waals surface area contributed by atoms with Crippen molar-refractivity contribution in [3.8, 4) is 5.69 Å². The van der Waals surface area contributed by atoms with Crippen LogP contribution >= 0.6 is 11.6 Å². The number of rotatable bonds is 4. The summed E-state index contributed by atoms with van der Waals surface area (Å²) in [6.45, 7) is 1.87. The number of halogens is 1. The van der Waals surface area contributed by atoms with E-state index in [2.05, 4.69) is 10.3 Å². The number of carbonyl (C=O) groups is 1. The van der Waals surface area contributed by atoms with Crippen LogP contribution in [0.3, 0.4) is 0 Å². The summed E-state index contributed by atoms with van der Waals surface area (Å²) in [4.78, 5) is 10.5. The molecule has 0 fully saturated rings. The van der Waals surface area contributed by atoms with Crippen molar-refractivity contribution < 1.29 is 9.90 Å². The highest BCUT2D eigenvalue weighted by Crippen LogP contribution is 2.16. The first-order valence-electron chi connectivity index (χ1n) is 5.47. The van der Waals surface area contributed by atoms with Crippen LogP contribution < -0.4 is 0 Å². The number of aromatic nitrogens is 3. The van der Waals surface area contributed by atoms with Crippen molar-refractivity contribution in [3.05, 3.63) is 40.7 Å². The average molecular weight is 266 g/mol. The van der Waals surface area contributed by atoms with Crippen LogP contribution in [0.2, 0.25) is 5.02 Å². The molecule has 0 radical (unpaired) electrons. The Kier molecular flexibility index (Phi) is 3.62. The normalized spacial score (nSPS) is 10.6. The molecule has 0 unspecified atom stereocenters. The Bertz CT molecular complexity index is 563. The van der Waals surface area contributed by atoms with E-state index in [9.17, 15) is 4.79 Å². The Morgan fingerprint density at radius 2 is 2.06 bits per heavy atom. The van der Waals surface area contributed by atoms with Crippen LogP contribution in [0, 0.1) is 6.92 Å². The van der Waals surface area contributed by atoms with Crippen LogP contribution in [0.4, 0.5) is 0 Å². The highest BCUT2D eigenvalue weighted by atomic mass is 35.5. The van der Waals surface area contributed by atoms with Crippen molar-refractivity contribution in [1.82, 2.24) is 15.0 Å². The van der Waals surface area contributed by atoms with E-state index in [0.717, 1.165) is 11.4 Å². The summed E-state index contributed by atoms with van der Waals surface area (Å²) < 4.78 is 1.67. The second-order valence-electron chi connectivity index (χ2n) is 3.90. The third-order valence-corrected chi connectivity index (χ3v) is 2.89. The topological polar surface area (TPSA) is 68.0 Å². The van der Waals surface area contributed by atoms with Crippen LogP contribution in [0.5, 0.6) is 0 Å². The van der Waals surface area contributed by atoms with E-state index in [0.29, 0.717) is 17.1 Å². The molecule has 6 heteroatoms. The molecule has 0 spiro atoms. The lowest BCUT2D eigenvalue weighted by molar-refractivity contribution is -0.136. The van der Waals surface area contributed by atoms with E-state index in [1.807, 2.05) is 19.1 Å². The van der Waals surface area contributed by atoms with Gasteiger partial charge in [0.1, 0.15) is 0 Å². The van der Waals surface area contributed by atoms with Crippen LogP contribution in [0.25, 0.3) is 5.69 Å². The first-order chi connectivity index (χ1) is 8.58. The molecule has 0 aliphatic carbocycles. The Labute approximate surface area is 109 Å². The summed E-state index contributed by atoms with van der Waals surface area (Å²) in [5.41, 5.74) is 2.40. The third kappa shape index (κ3) is 2.68. The number of hydrogen-bond acceptors (Lipinski definition) is 3. The lowest BCUT2D eigenvalue weighted by Gasteiger charge is -2.03. The van der Waals surface area contributed by atoms with Gasteiger partial charge in [-0.3, -0.25) is 4.79 Å². The van der Waals surface area contributed by atoms with Crippen molar-refractivity contribution in [2.75, 3.05) is 0 Å². The van der Waals surface area contributed by atoms with Gasteiger partial charge in [0.05, 0.1) is 23.5 Å². The van der Waals surface area contributed by atoms with E-state index >= 15 is 0 Å². The second kappa shape index (κ2) is 5.18. The van der Waals surface area contributed by atoms with E-state index in [-0.39, 0.29) is 6.42 Å². The van der Waals surface area contributed by atoms with Gasteiger partial charge in [-0.15, -0.1) is 5.10 Å². The monoisotopic (exact) mass is 265 g/mol. The van der Waals surface area contributed by atoms with Gasteiger partial charge in [0.2, 0.25) is 0 Å². The summed E-state index contributed by atoms with van der Waals surface area (Å²) >= 11 is 5.82. The largest absolute Gasteiger partial charge is 0.481 e. The fraction of sp³-hybridized carbons (Fsp3) is 0.250. The van der Waals surface area contributed by atoms with Crippen molar-refractivity contribution in [2.45, 2.75) is 19.8 Å². The standard InChI is InChI=1S/C12H12ClN3O2/c1-8-11(6-7-12(17)18)14-15-16(8)10-4-2-9(13)3-5-10/h2-5H,6-7H2,1H3,(H,17,18). The minimum Gasteiger partial charge on any atom is -0.481 e. The van der Waals surface area contributed by atoms with Crippen LogP contribution in [-0.4, -0.2) is 26.1 Å². The summed E-state index contributed by atoms with van der Waals surface area (Å²) in [7, 11) is 0. The Morgan fingerprint density at radius 3 is 2.67 bits per heavy atom. The van der Waals surface area contributed by atoms with Gasteiger partial charge in [-0.1, -0.05) is 16.8 Å². The summed E-state index contributed by atoms with van der Waals surface area (Å²) in [5.74, 6) is -0.838. The average Bonchev–Trinajstić information content (AvgIpc) is 2.69. The van der Waals surface area contributed by atoms with Gasteiger partial charge in [-0.2, -0.15) is 0 Å². The quantitative estimate of drug-likeness (QED) is 0.921. The smallest absolute Gasteiger partial charge is 0.303 e. The molecule has 1 heterocycles. The van der Waals surface area contributed by atoms with Crippen LogP contribution in [0.1, 0.15) is 17.8 Å². The van der Waals surface area contributed by atoms with Gasteiger partial charge in [0, 0.05) is 11.4 Å². The molecule has 5 nitrogen and oxygen atoms in total. The first-order valence-corrected chi connectivity index (χ1v) is 5.84. The lowest BCUT2D eigenvalue weighted by atomic mass is 10.2. The highest BCUT2D eigenvalue weighted by molar-refractivity contribution is 6.30. The molecule has 0 amide bonds. The Hall–Kier alpha value is -1.88. The van der Waals surface area contributed by atoms with E-state index in [1.54, 1.807) is 16.8 Å². The summed E-state index contributed by atoms with van der Waals surface area (Å²) in [6, 6.07) is 7.22. The maximum absolute atomic E-state index is 10.5. The van der Waals surface area contributed by atoms with E-state index < -0.39 is 5.97 Å². The minimum absolute atomic E-state index is 0.0557. The fourth-order valence-corrected chi connectivity index (χ4v) is 1.77. The number of nitrogens with zero attached hydrogens (tertiary/aromatic N) is 3. The van der Waals surface area contributed by atoms with E-state index in [4.69, 9.17) is 16.7 Å². The molecule has 0 saturated carbocycles. The first kappa shape index (κ1) is 12.6. The number of hydrogen-bond donors (Lipinski definition) is 1. The zero-order valence-electron chi connectivity index (χ0n) is 9.80. The minimum atomic E-state index is -0.838. The Morgan fingerprint density at radius 1 is 1.39 bits per heavy atom. The van der Waals surface area contributed by atoms with Crippen molar-refractivity contribution in [1.29, 1.82) is 0 Å². The van der Waals surface area contributed by atoms with Gasteiger partial charge >= 0.3 is 5.97 Å². The fourth-order valence-electron chi connectivity index (χ4n) is 1.64. The van der Waals surface area contributed by atoms with Crippen molar-refractivity contribution >= 4 is 17.6 Å². The number of carboxylic acid groups (broad SMARTS) is 1. The summed E-state index contributed by atoms with van der Waals surface area (Å²) in [6.07, 6.45) is 0.439. The lowest BCUT2D eigenvalue weighted by Crippen LogP contribution is -2.01. The zero-order chi connectivity index (χ0) is 13.1. The van der Waals surface area contributed by atoms with E-state index in [1.165, 1.54) is 0 Å². The van der Waals surface area contributed by atoms with Gasteiger partial charge in [-0.05, 0) is 31.2 Å². The zero-order valence-corrected chi connectivity index (χ0v) is 10.6. The van der Waals surface area contributed by atoms with Gasteiger partial charge in [0.25, 0.3) is 0 Å². The molecule has 2 rings (SSSR count). The number of benzene rings is 1. The maximum atomic E-state index is 10.5. The SMILES string of the molecule is Cc1c(CCC(=O)O)nnn1-c1ccc(Cl)cc1. The molecule has 1 aromatic carbocycles. The number of carboxylic acids is 1. The number of aryl methyl sites for hydroxylation is 1. The molecule has 94 valence electrons. The maximum Gasteiger partial charge on any atom is 0.303 e. The molecular weight excluding hydrogens is 254 g/mol. The molecule has 0 aliphatic rings. The van der Waals surface area contributed by atoms with Gasteiger partial charge < -0.3 is 5.11 Å². The van der Waals surface area contributed by atoms with Gasteiger partial charge in [-0.25, -0.2) is 4.68 Å². The predicted molar refractivity (Wildman–Crippen MR) is 67.1 cm³/mol. The molecule has 0 aliphatic heterocycles. The van der Waals surface area contributed by atoms with Crippen LogP contribution in [0.15, 0.2) is 24.3 Å². The molecule has 0 bridgehead atoms. The molecule has 1 aromatic heterocycles. The number of aliphatic carboxylic acids is 1. The third-order valence-electron chi connectivity index (χ3n) is 2.64. The second-order valence-corrected chi connectivity index (χ2v) is 4.34. The van der Waals surface area contributed by atoms with Crippen molar-refractivity contribution in [2.24, 2.45) is 0 Å². The highest BCUT2D eigenvalue weighted by Gasteiger charge is 2.11. The van der Waals surface area contributed by atoms with Crippen LogP contribution in [-0.2, 0) is 11.2 Å².